The SMILES string of the molecule is CCNCc1ccc(N(C)CCC(=O)NC)c(C#N)c1. The lowest BCUT2D eigenvalue weighted by Crippen LogP contribution is -2.26. The van der Waals surface area contributed by atoms with Crippen molar-refractivity contribution < 1.29 is 4.79 Å². The summed E-state index contributed by atoms with van der Waals surface area (Å²) < 4.78 is 0. The molecule has 0 radical (unpaired) electrons. The predicted molar refractivity (Wildman–Crippen MR) is 80.5 cm³/mol. The molecule has 5 heteroatoms. The Morgan fingerprint density at radius 3 is 2.80 bits per heavy atom. The topological polar surface area (TPSA) is 68.2 Å². The fourth-order valence-electron chi connectivity index (χ4n) is 1.90. The molecular formula is C15H22N4O. The summed E-state index contributed by atoms with van der Waals surface area (Å²) in [6, 6.07) is 8.07. The molecule has 1 aromatic carbocycles. The molecule has 0 heterocycles. The standard InChI is InChI=1S/C15H22N4O/c1-4-18-11-12-5-6-14(13(9-12)10-16)19(3)8-7-15(20)17-2/h5-6,9,18H,4,7-8,11H2,1-3H3,(H,17,20). The summed E-state index contributed by atoms with van der Waals surface area (Å²) >= 11 is 0. The van der Waals surface area contributed by atoms with Gasteiger partial charge in [0.15, 0.2) is 0 Å². The van der Waals surface area contributed by atoms with Crippen LogP contribution in [0.2, 0.25) is 0 Å². The molecule has 2 N–H and O–H groups in total. The van der Waals surface area contributed by atoms with Crippen molar-refractivity contribution in [2.75, 3.05) is 32.1 Å². The van der Waals surface area contributed by atoms with E-state index >= 15 is 0 Å². The minimum Gasteiger partial charge on any atom is -0.373 e. The van der Waals surface area contributed by atoms with E-state index in [0.29, 0.717) is 18.5 Å². The highest BCUT2D eigenvalue weighted by Crippen LogP contribution is 2.20. The molecule has 0 aromatic heterocycles. The van der Waals surface area contributed by atoms with E-state index < -0.39 is 0 Å². The number of rotatable bonds is 7. The number of hydrogen-bond acceptors (Lipinski definition) is 4. The van der Waals surface area contributed by atoms with Crippen LogP contribution in [0.25, 0.3) is 0 Å². The number of carbonyl (C=O) groups excluding carboxylic acids is 1. The minimum absolute atomic E-state index is 0.000811. The Kier molecular flexibility index (Phi) is 6.54. The van der Waals surface area contributed by atoms with Gasteiger partial charge in [-0.2, -0.15) is 5.26 Å². The number of nitrogens with one attached hydrogen (secondary N) is 2. The zero-order chi connectivity index (χ0) is 15.0. The largest absolute Gasteiger partial charge is 0.373 e. The van der Waals surface area contributed by atoms with E-state index in [-0.39, 0.29) is 5.91 Å². The lowest BCUT2D eigenvalue weighted by atomic mass is 10.1. The first-order valence-electron chi connectivity index (χ1n) is 6.77. The average molecular weight is 274 g/mol. The molecule has 0 bridgehead atoms. The van der Waals surface area contributed by atoms with Gasteiger partial charge in [-0.05, 0) is 24.2 Å². The molecule has 20 heavy (non-hydrogen) atoms. The summed E-state index contributed by atoms with van der Waals surface area (Å²) in [7, 11) is 3.52. The Morgan fingerprint density at radius 1 is 1.45 bits per heavy atom. The van der Waals surface area contributed by atoms with Crippen molar-refractivity contribution in [3.05, 3.63) is 29.3 Å². The molecule has 0 spiro atoms. The van der Waals surface area contributed by atoms with Gasteiger partial charge in [0.05, 0.1) is 11.3 Å². The molecule has 1 aromatic rings. The van der Waals surface area contributed by atoms with Crippen molar-refractivity contribution in [1.29, 1.82) is 5.26 Å². The molecule has 0 saturated carbocycles. The maximum Gasteiger partial charge on any atom is 0.221 e. The maximum atomic E-state index is 11.3. The van der Waals surface area contributed by atoms with Crippen LogP contribution >= 0.6 is 0 Å². The van der Waals surface area contributed by atoms with Crippen LogP contribution in [-0.4, -0.2) is 33.1 Å². The van der Waals surface area contributed by atoms with Gasteiger partial charge in [0.2, 0.25) is 5.91 Å². The fourth-order valence-corrected chi connectivity index (χ4v) is 1.90. The molecule has 0 saturated heterocycles. The summed E-state index contributed by atoms with van der Waals surface area (Å²) in [6.45, 7) is 4.29. The van der Waals surface area contributed by atoms with Gasteiger partial charge in [-0.1, -0.05) is 13.0 Å². The predicted octanol–water partition coefficient (Wildman–Crippen LogP) is 1.24. The Balaban J connectivity index is 2.78. The molecule has 0 fully saturated rings. The van der Waals surface area contributed by atoms with Crippen LogP contribution in [0.4, 0.5) is 5.69 Å². The van der Waals surface area contributed by atoms with Crippen LogP contribution in [-0.2, 0) is 11.3 Å². The quantitative estimate of drug-likeness (QED) is 0.785. The second-order valence-electron chi connectivity index (χ2n) is 4.59. The Bertz CT molecular complexity index is 493. The van der Waals surface area contributed by atoms with Gasteiger partial charge < -0.3 is 15.5 Å². The third-order valence-electron chi connectivity index (χ3n) is 3.12. The van der Waals surface area contributed by atoms with Gasteiger partial charge in [-0.3, -0.25) is 4.79 Å². The highest BCUT2D eigenvalue weighted by molar-refractivity contribution is 5.76. The molecule has 0 atom stereocenters. The van der Waals surface area contributed by atoms with E-state index in [4.69, 9.17) is 0 Å². The van der Waals surface area contributed by atoms with Crippen molar-refractivity contribution in [2.45, 2.75) is 19.9 Å². The molecule has 0 aliphatic carbocycles. The first kappa shape index (κ1) is 16.0. The number of amides is 1. The molecule has 108 valence electrons. The molecule has 0 aliphatic heterocycles. The number of carbonyl (C=O) groups is 1. The Labute approximate surface area is 120 Å². The molecular weight excluding hydrogens is 252 g/mol. The number of anilines is 1. The first-order valence-corrected chi connectivity index (χ1v) is 6.77. The van der Waals surface area contributed by atoms with Crippen molar-refractivity contribution >= 4 is 11.6 Å². The van der Waals surface area contributed by atoms with Crippen molar-refractivity contribution in [2.24, 2.45) is 0 Å². The Hall–Kier alpha value is -2.06. The van der Waals surface area contributed by atoms with Gasteiger partial charge in [0.1, 0.15) is 6.07 Å². The third kappa shape index (κ3) is 4.56. The molecule has 0 aliphatic rings. The number of benzene rings is 1. The summed E-state index contributed by atoms with van der Waals surface area (Å²) in [6.07, 6.45) is 0.414. The van der Waals surface area contributed by atoms with Crippen molar-refractivity contribution in [1.82, 2.24) is 10.6 Å². The molecule has 1 amide bonds. The summed E-state index contributed by atoms with van der Waals surface area (Å²) in [5.41, 5.74) is 2.59. The van der Waals surface area contributed by atoms with Gasteiger partial charge in [0.25, 0.3) is 0 Å². The van der Waals surface area contributed by atoms with Crippen LogP contribution in [0, 0.1) is 11.3 Å². The van der Waals surface area contributed by atoms with E-state index in [9.17, 15) is 10.1 Å². The summed E-state index contributed by atoms with van der Waals surface area (Å²) in [5.74, 6) is -0.000811. The first-order chi connectivity index (χ1) is 9.62. The lowest BCUT2D eigenvalue weighted by Gasteiger charge is -2.20. The molecule has 5 nitrogen and oxygen atoms in total. The number of nitrogens with zero attached hydrogens (tertiary/aromatic N) is 2. The average Bonchev–Trinajstić information content (AvgIpc) is 2.49. The highest BCUT2D eigenvalue weighted by Gasteiger charge is 2.09. The van der Waals surface area contributed by atoms with Gasteiger partial charge >= 0.3 is 0 Å². The van der Waals surface area contributed by atoms with E-state index in [1.54, 1.807) is 7.05 Å². The fraction of sp³-hybridized carbons (Fsp3) is 0.467. The molecule has 1 rings (SSSR count). The zero-order valence-corrected chi connectivity index (χ0v) is 12.4. The van der Waals surface area contributed by atoms with E-state index in [0.717, 1.165) is 24.3 Å². The minimum atomic E-state index is -0.000811. The summed E-state index contributed by atoms with van der Waals surface area (Å²) in [4.78, 5) is 13.2. The van der Waals surface area contributed by atoms with Gasteiger partial charge in [0, 0.05) is 33.6 Å². The van der Waals surface area contributed by atoms with Crippen LogP contribution < -0.4 is 15.5 Å². The van der Waals surface area contributed by atoms with Crippen molar-refractivity contribution in [3.63, 3.8) is 0 Å². The van der Waals surface area contributed by atoms with Gasteiger partial charge in [-0.15, -0.1) is 0 Å². The number of nitriles is 1. The zero-order valence-electron chi connectivity index (χ0n) is 12.4. The van der Waals surface area contributed by atoms with E-state index in [1.165, 1.54) is 0 Å². The molecule has 0 unspecified atom stereocenters. The van der Waals surface area contributed by atoms with Crippen molar-refractivity contribution in [3.8, 4) is 6.07 Å². The van der Waals surface area contributed by atoms with E-state index in [1.807, 2.05) is 37.1 Å². The monoisotopic (exact) mass is 274 g/mol. The second-order valence-corrected chi connectivity index (χ2v) is 4.59. The van der Waals surface area contributed by atoms with Crippen LogP contribution in [0.5, 0.6) is 0 Å². The lowest BCUT2D eigenvalue weighted by molar-refractivity contribution is -0.120. The van der Waals surface area contributed by atoms with Crippen LogP contribution in [0.1, 0.15) is 24.5 Å². The van der Waals surface area contributed by atoms with E-state index in [2.05, 4.69) is 16.7 Å². The highest BCUT2D eigenvalue weighted by atomic mass is 16.1. The summed E-state index contributed by atoms with van der Waals surface area (Å²) in [5, 5.41) is 15.1. The Morgan fingerprint density at radius 2 is 2.20 bits per heavy atom. The second kappa shape index (κ2) is 8.18. The maximum absolute atomic E-state index is 11.3. The van der Waals surface area contributed by atoms with Gasteiger partial charge in [-0.25, -0.2) is 0 Å². The third-order valence-corrected chi connectivity index (χ3v) is 3.12. The smallest absolute Gasteiger partial charge is 0.221 e. The van der Waals surface area contributed by atoms with Crippen LogP contribution in [0.15, 0.2) is 18.2 Å². The van der Waals surface area contributed by atoms with Crippen LogP contribution in [0.3, 0.4) is 0 Å². The number of hydrogen-bond donors (Lipinski definition) is 2. The normalized spacial score (nSPS) is 9.90.